The number of unbranched alkanes of at least 4 members (excludes halogenated alkanes) is 1. The number of piperazine rings is 1. The smallest absolute Gasteiger partial charge is 0.316 e. The van der Waals surface area contributed by atoms with Gasteiger partial charge < -0.3 is 20.5 Å². The van der Waals surface area contributed by atoms with Gasteiger partial charge in [0, 0.05) is 50.5 Å². The van der Waals surface area contributed by atoms with E-state index in [2.05, 4.69) is 24.7 Å². The summed E-state index contributed by atoms with van der Waals surface area (Å²) in [4.78, 5) is 20.5. The Hall–Kier alpha value is -2.48. The highest BCUT2D eigenvalue weighted by Crippen LogP contribution is 2.33. The molecule has 0 atom stereocenters. The van der Waals surface area contributed by atoms with Crippen molar-refractivity contribution < 1.29 is 4.79 Å². The second-order valence-corrected chi connectivity index (χ2v) is 8.49. The molecule has 1 aliphatic rings. The minimum Gasteiger partial charge on any atom is -0.368 e. The zero-order valence-corrected chi connectivity index (χ0v) is 18.7. The van der Waals surface area contributed by atoms with Gasteiger partial charge in [-0.2, -0.15) is 0 Å². The van der Waals surface area contributed by atoms with Gasteiger partial charge in [0.25, 0.3) is 0 Å². The first kappa shape index (κ1) is 21.7. The number of carbonyl (C=O) groups excluding carboxylic acids is 1. The molecular formula is C22H26Cl2N6O. The van der Waals surface area contributed by atoms with E-state index >= 15 is 0 Å². The van der Waals surface area contributed by atoms with Gasteiger partial charge in [-0.15, -0.1) is 0 Å². The quantitative estimate of drug-likeness (QED) is 0.510. The second-order valence-electron chi connectivity index (χ2n) is 7.71. The Morgan fingerprint density at radius 2 is 1.84 bits per heavy atom. The predicted molar refractivity (Wildman–Crippen MR) is 127 cm³/mol. The van der Waals surface area contributed by atoms with Crippen molar-refractivity contribution in [3.8, 4) is 0 Å². The molecule has 0 saturated carbocycles. The molecule has 3 heterocycles. The number of hydrogen-bond acceptors (Lipinski definition) is 4. The number of nitrogens with zero attached hydrogens (tertiary/aromatic N) is 4. The SMILES string of the molecule is NC(=O)Nc1cn(CCCCN2CCN(c3cccc(Cl)c3Cl)CC2)c2ncccc12. The highest BCUT2D eigenvalue weighted by atomic mass is 35.5. The van der Waals surface area contributed by atoms with Gasteiger partial charge in [-0.3, -0.25) is 4.90 Å². The van der Waals surface area contributed by atoms with Gasteiger partial charge in [-0.25, -0.2) is 9.78 Å². The molecule has 0 unspecified atom stereocenters. The summed E-state index contributed by atoms with van der Waals surface area (Å²) in [6, 6.07) is 9.02. The molecule has 0 radical (unpaired) electrons. The number of benzene rings is 1. The number of aryl methyl sites for hydroxylation is 1. The minimum absolute atomic E-state index is 0.568. The standard InChI is InChI=1S/C22H26Cl2N6O/c23-17-6-3-7-19(20(17)24)29-13-11-28(12-14-29)9-1-2-10-30-15-18(27-22(25)31)16-5-4-8-26-21(16)30/h3-8,15H,1-2,9-14H2,(H3,25,27,31). The van der Waals surface area contributed by atoms with Gasteiger partial charge in [0.2, 0.25) is 0 Å². The molecule has 0 bridgehead atoms. The van der Waals surface area contributed by atoms with Gasteiger partial charge in [0.1, 0.15) is 5.65 Å². The monoisotopic (exact) mass is 460 g/mol. The molecule has 3 N–H and O–H groups in total. The van der Waals surface area contributed by atoms with Crippen LogP contribution in [0.25, 0.3) is 11.0 Å². The number of pyridine rings is 1. The maximum absolute atomic E-state index is 11.3. The van der Waals surface area contributed by atoms with Gasteiger partial charge >= 0.3 is 6.03 Å². The Morgan fingerprint density at radius 3 is 2.61 bits per heavy atom. The predicted octanol–water partition coefficient (Wildman–Crippen LogP) is 4.44. The fourth-order valence-corrected chi connectivity index (χ4v) is 4.51. The summed E-state index contributed by atoms with van der Waals surface area (Å²) in [5.74, 6) is 0. The number of nitrogens with one attached hydrogen (secondary N) is 1. The molecule has 31 heavy (non-hydrogen) atoms. The van der Waals surface area contributed by atoms with Crippen molar-refractivity contribution in [3.05, 3.63) is 52.8 Å². The van der Waals surface area contributed by atoms with E-state index in [1.54, 1.807) is 6.20 Å². The van der Waals surface area contributed by atoms with Crippen molar-refractivity contribution in [3.63, 3.8) is 0 Å². The maximum atomic E-state index is 11.3. The summed E-state index contributed by atoms with van der Waals surface area (Å²) in [6.45, 7) is 5.78. The summed E-state index contributed by atoms with van der Waals surface area (Å²) in [7, 11) is 0. The number of rotatable bonds is 7. The first-order chi connectivity index (χ1) is 15.0. The molecule has 4 rings (SSSR count). The molecule has 1 fully saturated rings. The number of carbonyl (C=O) groups is 1. The van der Waals surface area contributed by atoms with Gasteiger partial charge in [0.05, 0.1) is 21.4 Å². The first-order valence-corrected chi connectivity index (χ1v) is 11.2. The largest absolute Gasteiger partial charge is 0.368 e. The summed E-state index contributed by atoms with van der Waals surface area (Å²) in [5, 5.41) is 4.82. The zero-order valence-electron chi connectivity index (χ0n) is 17.2. The second kappa shape index (κ2) is 9.77. The summed E-state index contributed by atoms with van der Waals surface area (Å²) in [6.07, 6.45) is 5.79. The number of hydrogen-bond donors (Lipinski definition) is 2. The van der Waals surface area contributed by atoms with Crippen LogP contribution in [0, 0.1) is 0 Å². The Morgan fingerprint density at radius 1 is 1.06 bits per heavy atom. The third-order valence-corrected chi connectivity index (χ3v) is 6.47. The van der Waals surface area contributed by atoms with Crippen LogP contribution < -0.4 is 16.0 Å². The fourth-order valence-electron chi connectivity index (χ4n) is 4.09. The Labute approximate surface area is 191 Å². The molecule has 1 aliphatic heterocycles. The van der Waals surface area contributed by atoms with Crippen LogP contribution in [0.1, 0.15) is 12.8 Å². The van der Waals surface area contributed by atoms with Crippen LogP contribution in [-0.2, 0) is 6.54 Å². The van der Waals surface area contributed by atoms with Crippen LogP contribution in [0.2, 0.25) is 10.0 Å². The van der Waals surface area contributed by atoms with E-state index in [4.69, 9.17) is 28.9 Å². The molecule has 164 valence electrons. The lowest BCUT2D eigenvalue weighted by Crippen LogP contribution is -2.46. The summed E-state index contributed by atoms with van der Waals surface area (Å²) < 4.78 is 2.08. The first-order valence-electron chi connectivity index (χ1n) is 10.4. The third-order valence-electron chi connectivity index (χ3n) is 5.66. The maximum Gasteiger partial charge on any atom is 0.316 e. The molecular weight excluding hydrogens is 435 g/mol. The molecule has 1 aromatic carbocycles. The average Bonchev–Trinajstić information content (AvgIpc) is 3.11. The van der Waals surface area contributed by atoms with E-state index in [0.717, 1.165) is 68.8 Å². The number of primary amides is 1. The Bertz CT molecular complexity index is 1060. The zero-order chi connectivity index (χ0) is 21.8. The van der Waals surface area contributed by atoms with E-state index in [-0.39, 0.29) is 0 Å². The van der Waals surface area contributed by atoms with Crippen LogP contribution in [0.15, 0.2) is 42.7 Å². The highest BCUT2D eigenvalue weighted by molar-refractivity contribution is 6.43. The lowest BCUT2D eigenvalue weighted by molar-refractivity contribution is 0.251. The molecule has 1 saturated heterocycles. The van der Waals surface area contributed by atoms with E-state index < -0.39 is 6.03 Å². The Balaban J connectivity index is 1.27. The number of nitrogens with two attached hydrogens (primary N) is 1. The lowest BCUT2D eigenvalue weighted by Gasteiger charge is -2.36. The number of amides is 2. The van der Waals surface area contributed by atoms with Crippen molar-refractivity contribution in [1.82, 2.24) is 14.5 Å². The van der Waals surface area contributed by atoms with Crippen molar-refractivity contribution in [2.45, 2.75) is 19.4 Å². The van der Waals surface area contributed by atoms with Gasteiger partial charge in [0.15, 0.2) is 0 Å². The highest BCUT2D eigenvalue weighted by Gasteiger charge is 2.19. The molecule has 2 aromatic heterocycles. The van der Waals surface area contributed by atoms with Crippen LogP contribution >= 0.6 is 23.2 Å². The van der Waals surface area contributed by atoms with Crippen LogP contribution in [0.3, 0.4) is 0 Å². The van der Waals surface area contributed by atoms with Crippen molar-refractivity contribution in [1.29, 1.82) is 0 Å². The number of fused-ring (bicyclic) bond motifs is 1. The molecule has 9 heteroatoms. The summed E-state index contributed by atoms with van der Waals surface area (Å²) >= 11 is 12.5. The topological polar surface area (TPSA) is 79.4 Å². The average molecular weight is 461 g/mol. The summed E-state index contributed by atoms with van der Waals surface area (Å²) in [5.41, 5.74) is 7.86. The van der Waals surface area contributed by atoms with Crippen LogP contribution in [0.5, 0.6) is 0 Å². The van der Waals surface area contributed by atoms with Crippen molar-refractivity contribution in [2.24, 2.45) is 5.73 Å². The molecule has 2 amide bonds. The number of anilines is 2. The van der Waals surface area contributed by atoms with Crippen LogP contribution in [-0.4, -0.2) is 53.2 Å². The number of halogens is 2. The molecule has 7 nitrogen and oxygen atoms in total. The molecule has 0 aliphatic carbocycles. The van der Waals surface area contributed by atoms with E-state index in [9.17, 15) is 4.79 Å². The molecule has 3 aromatic rings. The molecule has 0 spiro atoms. The van der Waals surface area contributed by atoms with E-state index in [0.29, 0.717) is 15.7 Å². The minimum atomic E-state index is -0.568. The fraction of sp³-hybridized carbons (Fsp3) is 0.364. The van der Waals surface area contributed by atoms with Crippen molar-refractivity contribution in [2.75, 3.05) is 42.9 Å². The third kappa shape index (κ3) is 5.06. The number of urea groups is 1. The Kier molecular flexibility index (Phi) is 6.85. The van der Waals surface area contributed by atoms with Gasteiger partial charge in [-0.1, -0.05) is 29.3 Å². The normalized spacial score (nSPS) is 14.8. The van der Waals surface area contributed by atoms with E-state index in [1.807, 2.05) is 36.5 Å². The van der Waals surface area contributed by atoms with Gasteiger partial charge in [-0.05, 0) is 43.7 Å². The van der Waals surface area contributed by atoms with Crippen LogP contribution in [0.4, 0.5) is 16.2 Å². The number of aromatic nitrogens is 2. The van der Waals surface area contributed by atoms with Crippen molar-refractivity contribution >= 4 is 51.6 Å². The van der Waals surface area contributed by atoms with E-state index in [1.165, 1.54) is 0 Å². The lowest BCUT2D eigenvalue weighted by atomic mass is 10.2.